The first-order valence-electron chi connectivity index (χ1n) is 5.30. The number of amides is 1. The Balaban J connectivity index is 2.18. The molecule has 1 amide bonds. The monoisotopic (exact) mass is 200 g/mol. The molecule has 4 nitrogen and oxygen atoms in total. The highest BCUT2D eigenvalue weighted by Crippen LogP contribution is 2.12. The van der Waals surface area contributed by atoms with E-state index in [2.05, 4.69) is 5.32 Å². The van der Waals surface area contributed by atoms with Crippen LogP contribution in [0.2, 0.25) is 0 Å². The Kier molecular flexibility index (Phi) is 4.90. The highest BCUT2D eigenvalue weighted by Gasteiger charge is 2.19. The number of carbonyl (C=O) groups excluding carboxylic acids is 1. The molecule has 1 unspecified atom stereocenters. The van der Waals surface area contributed by atoms with E-state index >= 15 is 0 Å². The quantitative estimate of drug-likeness (QED) is 0.691. The summed E-state index contributed by atoms with van der Waals surface area (Å²) in [5, 5.41) is 3.02. The third-order valence-corrected chi connectivity index (χ3v) is 2.45. The van der Waals surface area contributed by atoms with Crippen LogP contribution in [-0.2, 0) is 9.53 Å². The van der Waals surface area contributed by atoms with Crippen LogP contribution in [0.1, 0.15) is 19.8 Å². The normalized spacial score (nSPS) is 21.1. The van der Waals surface area contributed by atoms with Crippen molar-refractivity contribution in [2.45, 2.75) is 25.9 Å². The van der Waals surface area contributed by atoms with Crippen LogP contribution < -0.4 is 5.32 Å². The van der Waals surface area contributed by atoms with Gasteiger partial charge in [-0.3, -0.25) is 4.79 Å². The molecule has 0 aromatic rings. The van der Waals surface area contributed by atoms with E-state index in [0.29, 0.717) is 6.54 Å². The van der Waals surface area contributed by atoms with Gasteiger partial charge in [-0.15, -0.1) is 0 Å². The largest absolute Gasteiger partial charge is 0.376 e. The van der Waals surface area contributed by atoms with Crippen LogP contribution in [-0.4, -0.2) is 50.2 Å². The van der Waals surface area contributed by atoms with Crippen molar-refractivity contribution in [3.8, 4) is 0 Å². The first-order valence-corrected chi connectivity index (χ1v) is 5.30. The number of hydrogen-bond donors (Lipinski definition) is 1. The molecule has 0 bridgehead atoms. The third-order valence-electron chi connectivity index (χ3n) is 2.45. The lowest BCUT2D eigenvalue weighted by atomic mass is 10.2. The van der Waals surface area contributed by atoms with Crippen LogP contribution in [0.5, 0.6) is 0 Å². The third kappa shape index (κ3) is 3.64. The Labute approximate surface area is 85.6 Å². The molecule has 0 aromatic heterocycles. The molecule has 0 radical (unpaired) electrons. The lowest BCUT2D eigenvalue weighted by Gasteiger charge is -2.20. The van der Waals surface area contributed by atoms with Crippen LogP contribution in [0.25, 0.3) is 0 Å². The van der Waals surface area contributed by atoms with Gasteiger partial charge in [0.2, 0.25) is 5.91 Å². The minimum atomic E-state index is 0.141. The topological polar surface area (TPSA) is 41.6 Å². The maximum Gasteiger partial charge on any atom is 0.236 e. The molecule has 0 spiro atoms. The summed E-state index contributed by atoms with van der Waals surface area (Å²) in [7, 11) is 1.83. The average molecular weight is 200 g/mol. The van der Waals surface area contributed by atoms with Crippen molar-refractivity contribution in [1.29, 1.82) is 0 Å². The molecule has 1 fully saturated rings. The van der Waals surface area contributed by atoms with Crippen molar-refractivity contribution in [2.24, 2.45) is 0 Å². The fourth-order valence-electron chi connectivity index (χ4n) is 1.56. The Bertz CT molecular complexity index is 179. The smallest absolute Gasteiger partial charge is 0.236 e. The summed E-state index contributed by atoms with van der Waals surface area (Å²) in [6.07, 6.45) is 2.46. The van der Waals surface area contributed by atoms with Crippen LogP contribution in [0.15, 0.2) is 0 Å². The Morgan fingerprint density at radius 2 is 2.43 bits per heavy atom. The van der Waals surface area contributed by atoms with Crippen molar-refractivity contribution in [3.05, 3.63) is 0 Å². The van der Waals surface area contributed by atoms with Gasteiger partial charge in [0.1, 0.15) is 0 Å². The minimum Gasteiger partial charge on any atom is -0.376 e. The van der Waals surface area contributed by atoms with Gasteiger partial charge in [-0.05, 0) is 19.4 Å². The predicted molar refractivity (Wildman–Crippen MR) is 55.2 cm³/mol. The van der Waals surface area contributed by atoms with Gasteiger partial charge in [0.05, 0.1) is 12.6 Å². The summed E-state index contributed by atoms with van der Waals surface area (Å²) < 4.78 is 5.46. The van der Waals surface area contributed by atoms with E-state index in [1.54, 1.807) is 4.90 Å². The van der Waals surface area contributed by atoms with Crippen molar-refractivity contribution in [2.75, 3.05) is 33.3 Å². The Morgan fingerprint density at radius 3 is 3.00 bits per heavy atom. The van der Waals surface area contributed by atoms with E-state index in [4.69, 9.17) is 4.74 Å². The highest BCUT2D eigenvalue weighted by molar-refractivity contribution is 5.77. The second kappa shape index (κ2) is 5.98. The summed E-state index contributed by atoms with van der Waals surface area (Å²) in [4.78, 5) is 13.2. The zero-order chi connectivity index (χ0) is 10.4. The van der Waals surface area contributed by atoms with Crippen molar-refractivity contribution >= 4 is 5.91 Å². The van der Waals surface area contributed by atoms with Crippen LogP contribution in [0, 0.1) is 0 Å². The lowest BCUT2D eigenvalue weighted by molar-refractivity contribution is -0.130. The van der Waals surface area contributed by atoms with E-state index in [1.807, 2.05) is 14.0 Å². The molecule has 14 heavy (non-hydrogen) atoms. The molecular weight excluding hydrogens is 180 g/mol. The number of carbonyl (C=O) groups is 1. The molecule has 0 saturated carbocycles. The number of rotatable bonds is 5. The van der Waals surface area contributed by atoms with Gasteiger partial charge in [0.15, 0.2) is 0 Å². The molecule has 1 aliphatic heterocycles. The summed E-state index contributed by atoms with van der Waals surface area (Å²) >= 11 is 0. The zero-order valence-corrected chi connectivity index (χ0v) is 9.08. The fraction of sp³-hybridized carbons (Fsp3) is 0.900. The second-order valence-corrected chi connectivity index (χ2v) is 3.69. The molecular formula is C10H20N2O2. The molecule has 0 aromatic carbocycles. The van der Waals surface area contributed by atoms with Crippen molar-refractivity contribution in [3.63, 3.8) is 0 Å². The molecule has 1 N–H and O–H groups in total. The molecule has 4 heteroatoms. The van der Waals surface area contributed by atoms with E-state index in [1.165, 1.54) is 0 Å². The summed E-state index contributed by atoms with van der Waals surface area (Å²) in [5.41, 5.74) is 0. The molecule has 1 aliphatic rings. The number of hydrogen-bond acceptors (Lipinski definition) is 3. The molecule has 1 atom stereocenters. The van der Waals surface area contributed by atoms with Crippen molar-refractivity contribution < 1.29 is 9.53 Å². The summed E-state index contributed by atoms with van der Waals surface area (Å²) in [5.74, 6) is 0.141. The van der Waals surface area contributed by atoms with Gasteiger partial charge in [-0.2, -0.15) is 0 Å². The molecule has 0 aliphatic carbocycles. The van der Waals surface area contributed by atoms with Crippen molar-refractivity contribution in [1.82, 2.24) is 10.2 Å². The second-order valence-electron chi connectivity index (χ2n) is 3.69. The van der Waals surface area contributed by atoms with Crippen LogP contribution >= 0.6 is 0 Å². The van der Waals surface area contributed by atoms with Gasteiger partial charge in [0, 0.05) is 20.2 Å². The number of nitrogens with zero attached hydrogens (tertiary/aromatic N) is 1. The Hall–Kier alpha value is -0.610. The predicted octanol–water partition coefficient (Wildman–Crippen LogP) is 0.233. The van der Waals surface area contributed by atoms with E-state index in [0.717, 1.165) is 32.5 Å². The van der Waals surface area contributed by atoms with Gasteiger partial charge < -0.3 is 15.0 Å². The fourth-order valence-corrected chi connectivity index (χ4v) is 1.56. The van der Waals surface area contributed by atoms with Crippen LogP contribution in [0.3, 0.4) is 0 Å². The van der Waals surface area contributed by atoms with Gasteiger partial charge in [0.25, 0.3) is 0 Å². The zero-order valence-electron chi connectivity index (χ0n) is 9.08. The Morgan fingerprint density at radius 1 is 1.64 bits per heavy atom. The maximum atomic E-state index is 11.5. The van der Waals surface area contributed by atoms with Crippen LogP contribution in [0.4, 0.5) is 0 Å². The number of nitrogens with one attached hydrogen (secondary N) is 1. The number of likely N-dealkylation sites (N-methyl/N-ethyl adjacent to an activating group) is 2. The van der Waals surface area contributed by atoms with E-state index < -0.39 is 0 Å². The van der Waals surface area contributed by atoms with Gasteiger partial charge in [-0.25, -0.2) is 0 Å². The minimum absolute atomic E-state index is 0.141. The van der Waals surface area contributed by atoms with E-state index in [9.17, 15) is 4.79 Å². The highest BCUT2D eigenvalue weighted by atomic mass is 16.5. The van der Waals surface area contributed by atoms with Gasteiger partial charge >= 0.3 is 0 Å². The summed E-state index contributed by atoms with van der Waals surface area (Å²) in [6, 6.07) is 0. The standard InChI is InChI=1S/C10H20N2O2/c1-3-11-7-10(13)12(2)8-9-5-4-6-14-9/h9,11H,3-8H2,1-2H3. The first-order chi connectivity index (χ1) is 6.74. The van der Waals surface area contributed by atoms with Gasteiger partial charge in [-0.1, -0.05) is 6.92 Å². The molecule has 1 rings (SSSR count). The number of ether oxygens (including phenoxy) is 1. The van der Waals surface area contributed by atoms with E-state index in [-0.39, 0.29) is 12.0 Å². The SMILES string of the molecule is CCNCC(=O)N(C)CC1CCCO1. The molecule has 1 saturated heterocycles. The summed E-state index contributed by atoms with van der Waals surface area (Å²) in [6.45, 7) is 4.83. The average Bonchev–Trinajstić information content (AvgIpc) is 2.66. The maximum absolute atomic E-state index is 11.5. The molecule has 82 valence electrons. The first kappa shape index (κ1) is 11.5. The lowest BCUT2D eigenvalue weighted by Crippen LogP contribution is -2.39. The molecule has 1 heterocycles.